The molecule has 2 rings (SSSR count). The molecule has 5 nitrogen and oxygen atoms in total. The summed E-state index contributed by atoms with van der Waals surface area (Å²) in [5, 5.41) is 3.16. The molecule has 0 unspecified atom stereocenters. The van der Waals surface area contributed by atoms with Crippen LogP contribution in [0.1, 0.15) is 27.2 Å². The summed E-state index contributed by atoms with van der Waals surface area (Å²) < 4.78 is 25.0. The van der Waals surface area contributed by atoms with Crippen LogP contribution in [0, 0.1) is 5.92 Å². The molecule has 0 aliphatic carbocycles. The number of likely N-dealkylation sites (tertiary alicyclic amines) is 1. The van der Waals surface area contributed by atoms with Gasteiger partial charge in [0, 0.05) is 25.6 Å². The van der Waals surface area contributed by atoms with Crippen molar-refractivity contribution < 1.29 is 18.7 Å². The molecule has 2 saturated heterocycles. The summed E-state index contributed by atoms with van der Waals surface area (Å²) in [6, 6.07) is 0. The lowest BCUT2D eigenvalue weighted by molar-refractivity contribution is -0.0647. The van der Waals surface area contributed by atoms with Gasteiger partial charge in [-0.25, -0.2) is 9.18 Å². The molecule has 2 aliphatic heterocycles. The molecular weight excluding hydrogens is 263 g/mol. The summed E-state index contributed by atoms with van der Waals surface area (Å²) in [6.45, 7) is 8.47. The number of amides is 1. The fraction of sp³-hybridized carbons (Fsp3) is 0.929. The van der Waals surface area contributed by atoms with E-state index >= 15 is 0 Å². The monoisotopic (exact) mass is 288 g/mol. The second-order valence-electron chi connectivity index (χ2n) is 6.63. The lowest BCUT2D eigenvalue weighted by Gasteiger charge is -2.36. The maximum atomic E-state index is 14.1. The molecule has 0 aromatic carbocycles. The molecule has 6 heteroatoms. The van der Waals surface area contributed by atoms with Gasteiger partial charge in [0.05, 0.1) is 19.3 Å². The number of rotatable bonds is 3. The smallest absolute Gasteiger partial charge is 0.410 e. The van der Waals surface area contributed by atoms with E-state index in [1.54, 1.807) is 20.8 Å². The Hall–Kier alpha value is -0.880. The predicted octanol–water partition coefficient (Wildman–Crippen LogP) is 1.57. The Balaban J connectivity index is 1.74. The number of nitrogens with zero attached hydrogens (tertiary/aromatic N) is 1. The van der Waals surface area contributed by atoms with Crippen LogP contribution in [0.15, 0.2) is 0 Å². The molecular formula is C14H25FN2O3. The Labute approximate surface area is 119 Å². The van der Waals surface area contributed by atoms with Gasteiger partial charge in [-0.2, -0.15) is 0 Å². The summed E-state index contributed by atoms with van der Waals surface area (Å²) in [5.74, 6) is 0.506. The number of nitrogens with one attached hydrogen (secondary N) is 1. The Morgan fingerprint density at radius 2 is 2.10 bits per heavy atom. The number of alkyl halides is 1. The number of carbonyl (C=O) groups excluding carboxylic acids is 1. The molecule has 1 amide bonds. The zero-order valence-corrected chi connectivity index (χ0v) is 12.5. The molecule has 0 aromatic heterocycles. The molecule has 0 saturated carbocycles. The van der Waals surface area contributed by atoms with Gasteiger partial charge < -0.3 is 19.7 Å². The van der Waals surface area contributed by atoms with Gasteiger partial charge >= 0.3 is 6.09 Å². The minimum atomic E-state index is -1.13. The predicted molar refractivity (Wildman–Crippen MR) is 73.4 cm³/mol. The maximum absolute atomic E-state index is 14.1. The van der Waals surface area contributed by atoms with Crippen molar-refractivity contribution in [2.75, 3.05) is 32.8 Å². The van der Waals surface area contributed by atoms with Crippen molar-refractivity contribution in [1.29, 1.82) is 0 Å². The first-order chi connectivity index (χ1) is 9.35. The second kappa shape index (κ2) is 6.26. The first-order valence-electron chi connectivity index (χ1n) is 7.29. The molecule has 2 heterocycles. The van der Waals surface area contributed by atoms with Crippen LogP contribution < -0.4 is 5.32 Å². The van der Waals surface area contributed by atoms with Gasteiger partial charge in [-0.3, -0.25) is 0 Å². The van der Waals surface area contributed by atoms with Gasteiger partial charge in [0.1, 0.15) is 11.8 Å². The van der Waals surface area contributed by atoms with Gasteiger partial charge in [0.25, 0.3) is 0 Å². The second-order valence-corrected chi connectivity index (χ2v) is 6.63. The van der Waals surface area contributed by atoms with E-state index in [1.807, 2.05) is 0 Å². The van der Waals surface area contributed by atoms with E-state index < -0.39 is 24.0 Å². The minimum Gasteiger partial charge on any atom is -0.444 e. The lowest BCUT2D eigenvalue weighted by Crippen LogP contribution is -2.51. The molecule has 0 spiro atoms. The zero-order chi connectivity index (χ0) is 14.8. The Morgan fingerprint density at radius 1 is 1.40 bits per heavy atom. The third-order valence-corrected chi connectivity index (χ3v) is 3.55. The van der Waals surface area contributed by atoms with Crippen molar-refractivity contribution in [2.24, 2.45) is 5.92 Å². The highest BCUT2D eigenvalue weighted by Gasteiger charge is 2.34. The van der Waals surface area contributed by atoms with Crippen LogP contribution in [-0.4, -0.2) is 61.7 Å². The van der Waals surface area contributed by atoms with Crippen molar-refractivity contribution in [3.8, 4) is 0 Å². The fourth-order valence-electron chi connectivity index (χ4n) is 2.29. The minimum absolute atomic E-state index is 0.0580. The largest absolute Gasteiger partial charge is 0.444 e. The molecule has 1 N–H and O–H groups in total. The molecule has 0 bridgehead atoms. The van der Waals surface area contributed by atoms with Gasteiger partial charge in [-0.05, 0) is 27.2 Å². The third-order valence-electron chi connectivity index (χ3n) is 3.55. The average molecular weight is 288 g/mol. The topological polar surface area (TPSA) is 50.8 Å². The lowest BCUT2D eigenvalue weighted by atomic mass is 10.0. The SMILES string of the molecule is CC(C)(C)OC(=O)N1CC[C@@H](OCC2CNC2)[C@H](F)C1. The van der Waals surface area contributed by atoms with Crippen LogP contribution >= 0.6 is 0 Å². The van der Waals surface area contributed by atoms with Crippen LogP contribution in [0.25, 0.3) is 0 Å². The van der Waals surface area contributed by atoms with E-state index in [0.29, 0.717) is 25.5 Å². The van der Waals surface area contributed by atoms with Crippen molar-refractivity contribution in [1.82, 2.24) is 10.2 Å². The van der Waals surface area contributed by atoms with Crippen LogP contribution in [0.2, 0.25) is 0 Å². The van der Waals surface area contributed by atoms with E-state index in [0.717, 1.165) is 13.1 Å². The number of hydrogen-bond acceptors (Lipinski definition) is 4. The Kier molecular flexibility index (Phi) is 4.86. The van der Waals surface area contributed by atoms with Crippen molar-refractivity contribution in [3.63, 3.8) is 0 Å². The summed E-state index contributed by atoms with van der Waals surface area (Å²) in [5.41, 5.74) is -0.548. The van der Waals surface area contributed by atoms with Gasteiger partial charge in [0.15, 0.2) is 0 Å². The normalized spacial score (nSPS) is 28.1. The van der Waals surface area contributed by atoms with Crippen LogP contribution in [0.3, 0.4) is 0 Å². The number of hydrogen-bond donors (Lipinski definition) is 1. The van der Waals surface area contributed by atoms with Gasteiger partial charge in [0.2, 0.25) is 0 Å². The molecule has 0 aromatic rings. The highest BCUT2D eigenvalue weighted by Crippen LogP contribution is 2.21. The summed E-state index contributed by atoms with van der Waals surface area (Å²) >= 11 is 0. The summed E-state index contributed by atoms with van der Waals surface area (Å²) in [6.07, 6.45) is -1.44. The van der Waals surface area contributed by atoms with Crippen molar-refractivity contribution in [2.45, 2.75) is 45.1 Å². The first kappa shape index (κ1) is 15.5. The average Bonchev–Trinajstić information content (AvgIpc) is 2.26. The molecule has 2 fully saturated rings. The number of ether oxygens (including phenoxy) is 2. The van der Waals surface area contributed by atoms with Crippen LogP contribution in [-0.2, 0) is 9.47 Å². The van der Waals surface area contributed by atoms with E-state index in [2.05, 4.69) is 5.32 Å². The Morgan fingerprint density at radius 3 is 2.60 bits per heavy atom. The third kappa shape index (κ3) is 4.31. The summed E-state index contributed by atoms with van der Waals surface area (Å²) in [7, 11) is 0. The molecule has 20 heavy (non-hydrogen) atoms. The van der Waals surface area contributed by atoms with E-state index in [4.69, 9.17) is 9.47 Å². The first-order valence-corrected chi connectivity index (χ1v) is 7.29. The summed E-state index contributed by atoms with van der Waals surface area (Å²) in [4.78, 5) is 13.3. The maximum Gasteiger partial charge on any atom is 0.410 e. The Bertz CT molecular complexity index is 342. The zero-order valence-electron chi connectivity index (χ0n) is 12.5. The van der Waals surface area contributed by atoms with Crippen molar-refractivity contribution >= 4 is 6.09 Å². The van der Waals surface area contributed by atoms with Gasteiger partial charge in [-0.1, -0.05) is 0 Å². The van der Waals surface area contributed by atoms with Gasteiger partial charge in [-0.15, -0.1) is 0 Å². The highest BCUT2D eigenvalue weighted by atomic mass is 19.1. The van der Waals surface area contributed by atoms with Crippen LogP contribution in [0.5, 0.6) is 0 Å². The van der Waals surface area contributed by atoms with E-state index in [9.17, 15) is 9.18 Å². The molecule has 116 valence electrons. The van der Waals surface area contributed by atoms with Crippen LogP contribution in [0.4, 0.5) is 9.18 Å². The quantitative estimate of drug-likeness (QED) is 0.856. The highest BCUT2D eigenvalue weighted by molar-refractivity contribution is 5.68. The molecule has 2 atom stereocenters. The number of halogens is 1. The number of piperidine rings is 1. The fourth-order valence-corrected chi connectivity index (χ4v) is 2.29. The number of carbonyl (C=O) groups is 1. The van der Waals surface area contributed by atoms with Crippen molar-refractivity contribution in [3.05, 3.63) is 0 Å². The van der Waals surface area contributed by atoms with E-state index in [-0.39, 0.29) is 6.54 Å². The molecule has 0 radical (unpaired) electrons. The molecule has 2 aliphatic rings. The van der Waals surface area contributed by atoms with E-state index in [1.165, 1.54) is 4.90 Å². The standard InChI is InChI=1S/C14H25FN2O3/c1-14(2,3)20-13(18)17-5-4-12(11(15)8-17)19-9-10-6-16-7-10/h10-12,16H,4-9H2,1-3H3/t11-,12-/m1/s1.